The zero-order valence-electron chi connectivity index (χ0n) is 12.3. The van der Waals surface area contributed by atoms with Gasteiger partial charge in [0, 0.05) is 21.7 Å². The second-order valence-corrected chi connectivity index (χ2v) is 5.54. The molecule has 3 nitrogen and oxygen atoms in total. The monoisotopic (exact) mass is 329 g/mol. The molecule has 0 N–H and O–H groups in total. The van der Waals surface area contributed by atoms with Crippen molar-refractivity contribution in [2.75, 3.05) is 0 Å². The predicted octanol–water partition coefficient (Wildman–Crippen LogP) is 4.48. The predicted molar refractivity (Wildman–Crippen MR) is 87.2 cm³/mol. The van der Waals surface area contributed by atoms with E-state index in [1.165, 1.54) is 18.2 Å². The molecule has 0 aliphatic rings. The molecule has 5 heteroatoms. The molecule has 1 aromatic heterocycles. The molecule has 1 heterocycles. The van der Waals surface area contributed by atoms with Gasteiger partial charge < -0.3 is 4.74 Å². The van der Waals surface area contributed by atoms with E-state index in [1.807, 2.05) is 25.1 Å². The number of carbonyl (C=O) groups is 1. The highest BCUT2D eigenvalue weighted by atomic mass is 35.5. The molecule has 116 valence electrons. The van der Waals surface area contributed by atoms with Crippen LogP contribution in [0.25, 0.3) is 10.9 Å². The van der Waals surface area contributed by atoms with Crippen LogP contribution in [-0.2, 0) is 11.2 Å². The fourth-order valence-electron chi connectivity index (χ4n) is 2.30. The lowest BCUT2D eigenvalue weighted by Gasteiger charge is -2.09. The number of rotatable bonds is 3. The number of esters is 1. The van der Waals surface area contributed by atoms with E-state index in [0.717, 1.165) is 11.1 Å². The minimum atomic E-state index is -0.590. The molecule has 0 saturated heterocycles. The van der Waals surface area contributed by atoms with Crippen molar-refractivity contribution in [1.29, 1.82) is 0 Å². The molecule has 0 fully saturated rings. The SMILES string of the molecule is Cc1ccc2cccc(OC(=O)Cc3c(F)cccc3Cl)c2n1. The Bertz CT molecular complexity index is 875. The Kier molecular flexibility index (Phi) is 4.26. The van der Waals surface area contributed by atoms with Gasteiger partial charge in [0.2, 0.25) is 0 Å². The molecule has 0 aliphatic carbocycles. The third kappa shape index (κ3) is 3.32. The van der Waals surface area contributed by atoms with Crippen LogP contribution in [0.3, 0.4) is 0 Å². The first-order chi connectivity index (χ1) is 11.0. The maximum absolute atomic E-state index is 13.8. The second-order valence-electron chi connectivity index (χ2n) is 5.13. The molecule has 3 aromatic rings. The number of ether oxygens (including phenoxy) is 1. The molecular weight excluding hydrogens is 317 g/mol. The second kappa shape index (κ2) is 6.34. The summed E-state index contributed by atoms with van der Waals surface area (Å²) in [5, 5.41) is 1.07. The lowest BCUT2D eigenvalue weighted by molar-refractivity contribution is -0.133. The number of halogens is 2. The third-order valence-corrected chi connectivity index (χ3v) is 3.78. The van der Waals surface area contributed by atoms with Gasteiger partial charge in [0.15, 0.2) is 5.75 Å². The van der Waals surface area contributed by atoms with Crippen LogP contribution in [0.5, 0.6) is 5.75 Å². The minimum absolute atomic E-state index is 0.128. The number of benzene rings is 2. The summed E-state index contributed by atoms with van der Waals surface area (Å²) in [6, 6.07) is 13.4. The molecule has 0 spiro atoms. The van der Waals surface area contributed by atoms with Crippen molar-refractivity contribution in [2.24, 2.45) is 0 Å². The Balaban J connectivity index is 1.87. The van der Waals surface area contributed by atoms with Crippen LogP contribution in [0.2, 0.25) is 5.02 Å². The number of aromatic nitrogens is 1. The summed E-state index contributed by atoms with van der Waals surface area (Å²) in [4.78, 5) is 16.5. The van der Waals surface area contributed by atoms with Crippen LogP contribution < -0.4 is 4.74 Å². The van der Waals surface area contributed by atoms with E-state index < -0.39 is 11.8 Å². The van der Waals surface area contributed by atoms with Gasteiger partial charge in [0.05, 0.1) is 6.42 Å². The fourth-order valence-corrected chi connectivity index (χ4v) is 2.53. The van der Waals surface area contributed by atoms with Crippen LogP contribution in [0, 0.1) is 12.7 Å². The average molecular weight is 330 g/mol. The number of nitrogens with zero attached hydrogens (tertiary/aromatic N) is 1. The molecule has 0 radical (unpaired) electrons. The highest BCUT2D eigenvalue weighted by Gasteiger charge is 2.15. The summed E-state index contributed by atoms with van der Waals surface area (Å²) in [7, 11) is 0. The Hall–Kier alpha value is -2.46. The largest absolute Gasteiger partial charge is 0.424 e. The number of hydrogen-bond donors (Lipinski definition) is 0. The smallest absolute Gasteiger partial charge is 0.315 e. The van der Waals surface area contributed by atoms with E-state index in [-0.39, 0.29) is 17.0 Å². The van der Waals surface area contributed by atoms with Crippen molar-refractivity contribution in [3.63, 3.8) is 0 Å². The lowest BCUT2D eigenvalue weighted by atomic mass is 10.1. The van der Waals surface area contributed by atoms with Crippen molar-refractivity contribution >= 4 is 28.5 Å². The Morgan fingerprint density at radius 3 is 2.74 bits per heavy atom. The van der Waals surface area contributed by atoms with Crippen molar-refractivity contribution < 1.29 is 13.9 Å². The van der Waals surface area contributed by atoms with E-state index >= 15 is 0 Å². The van der Waals surface area contributed by atoms with Crippen LogP contribution in [-0.4, -0.2) is 11.0 Å². The molecule has 2 aromatic carbocycles. The number of carbonyl (C=O) groups excluding carboxylic acids is 1. The summed E-state index contributed by atoms with van der Waals surface area (Å²) in [5.74, 6) is -0.766. The Labute approximate surface area is 137 Å². The van der Waals surface area contributed by atoms with Gasteiger partial charge >= 0.3 is 5.97 Å². The highest BCUT2D eigenvalue weighted by molar-refractivity contribution is 6.31. The van der Waals surface area contributed by atoms with E-state index in [4.69, 9.17) is 16.3 Å². The van der Waals surface area contributed by atoms with Gasteiger partial charge in [0.25, 0.3) is 0 Å². The molecule has 0 bridgehead atoms. The fraction of sp³-hybridized carbons (Fsp3) is 0.111. The van der Waals surface area contributed by atoms with Gasteiger partial charge in [0.1, 0.15) is 11.3 Å². The maximum atomic E-state index is 13.8. The number of aryl methyl sites for hydroxylation is 1. The Morgan fingerprint density at radius 2 is 1.96 bits per heavy atom. The molecular formula is C18H13ClFNO2. The lowest BCUT2D eigenvalue weighted by Crippen LogP contribution is -2.13. The van der Waals surface area contributed by atoms with Crippen molar-refractivity contribution in [2.45, 2.75) is 13.3 Å². The number of fused-ring (bicyclic) bond motifs is 1. The van der Waals surface area contributed by atoms with Gasteiger partial charge in [-0.1, -0.05) is 35.9 Å². The molecule has 0 saturated carbocycles. The zero-order valence-corrected chi connectivity index (χ0v) is 13.1. The van der Waals surface area contributed by atoms with Crippen molar-refractivity contribution in [3.8, 4) is 5.75 Å². The highest BCUT2D eigenvalue weighted by Crippen LogP contribution is 2.25. The van der Waals surface area contributed by atoms with E-state index in [1.54, 1.807) is 12.1 Å². The van der Waals surface area contributed by atoms with Gasteiger partial charge in [-0.25, -0.2) is 9.37 Å². The third-order valence-electron chi connectivity index (χ3n) is 3.43. The first-order valence-corrected chi connectivity index (χ1v) is 7.42. The van der Waals surface area contributed by atoms with E-state index in [2.05, 4.69) is 4.98 Å². The van der Waals surface area contributed by atoms with Crippen molar-refractivity contribution in [3.05, 3.63) is 70.6 Å². The molecule has 0 unspecified atom stereocenters. The van der Waals surface area contributed by atoms with Gasteiger partial charge in [-0.05, 0) is 31.2 Å². The topological polar surface area (TPSA) is 39.2 Å². The normalized spacial score (nSPS) is 10.7. The summed E-state index contributed by atoms with van der Waals surface area (Å²) >= 11 is 5.93. The first-order valence-electron chi connectivity index (χ1n) is 7.04. The summed E-state index contributed by atoms with van der Waals surface area (Å²) in [6.07, 6.45) is -0.242. The van der Waals surface area contributed by atoms with Crippen molar-refractivity contribution in [1.82, 2.24) is 4.98 Å². The molecule has 3 rings (SSSR count). The summed E-state index contributed by atoms with van der Waals surface area (Å²) < 4.78 is 19.1. The first kappa shape index (κ1) is 15.4. The van der Waals surface area contributed by atoms with Crippen LogP contribution in [0.4, 0.5) is 4.39 Å². The standard InChI is InChI=1S/C18H13ClFNO2/c1-11-8-9-12-4-2-7-16(18(12)21-11)23-17(22)10-13-14(19)5-3-6-15(13)20/h2-9H,10H2,1H3. The molecule has 0 aliphatic heterocycles. The van der Waals surface area contributed by atoms with Crippen LogP contribution in [0.1, 0.15) is 11.3 Å². The molecule has 0 atom stereocenters. The van der Waals surface area contributed by atoms with Gasteiger partial charge in [-0.3, -0.25) is 4.79 Å². The summed E-state index contributed by atoms with van der Waals surface area (Å²) in [6.45, 7) is 1.86. The van der Waals surface area contributed by atoms with E-state index in [9.17, 15) is 9.18 Å². The van der Waals surface area contributed by atoms with Gasteiger partial charge in [-0.15, -0.1) is 0 Å². The van der Waals surface area contributed by atoms with Crippen LogP contribution >= 0.6 is 11.6 Å². The number of para-hydroxylation sites is 1. The number of pyridine rings is 1. The molecule has 0 amide bonds. The minimum Gasteiger partial charge on any atom is -0.424 e. The zero-order chi connectivity index (χ0) is 16.4. The van der Waals surface area contributed by atoms with Gasteiger partial charge in [-0.2, -0.15) is 0 Å². The quantitative estimate of drug-likeness (QED) is 0.525. The Morgan fingerprint density at radius 1 is 1.17 bits per heavy atom. The summed E-state index contributed by atoms with van der Waals surface area (Å²) in [5.41, 5.74) is 1.54. The number of hydrogen-bond acceptors (Lipinski definition) is 3. The molecule has 23 heavy (non-hydrogen) atoms. The average Bonchev–Trinajstić information content (AvgIpc) is 2.52. The maximum Gasteiger partial charge on any atom is 0.315 e. The van der Waals surface area contributed by atoms with Crippen LogP contribution in [0.15, 0.2) is 48.5 Å². The van der Waals surface area contributed by atoms with E-state index in [0.29, 0.717) is 11.3 Å².